The van der Waals surface area contributed by atoms with Crippen molar-refractivity contribution < 1.29 is 14.3 Å². The number of methoxy groups -OCH3 is 1. The van der Waals surface area contributed by atoms with Gasteiger partial charge in [0.25, 0.3) is 0 Å². The van der Waals surface area contributed by atoms with Crippen LogP contribution in [0.15, 0.2) is 0 Å². The normalized spacial score (nSPS) is 16.5. The Hall–Kier alpha value is -1.34. The van der Waals surface area contributed by atoms with Crippen molar-refractivity contribution in [2.75, 3.05) is 37.9 Å². The van der Waals surface area contributed by atoms with Crippen molar-refractivity contribution in [2.45, 2.75) is 12.8 Å². The molecule has 0 aromatic carbocycles. The zero-order valence-corrected chi connectivity index (χ0v) is 11.1. The van der Waals surface area contributed by atoms with Crippen LogP contribution in [0.25, 0.3) is 0 Å². The van der Waals surface area contributed by atoms with E-state index in [1.165, 1.54) is 18.6 Å². The molecule has 0 unspecified atom stereocenters. The largest absolute Gasteiger partial charge is 0.465 e. The van der Waals surface area contributed by atoms with Gasteiger partial charge in [0.1, 0.15) is 10.6 Å². The second-order valence-electron chi connectivity index (χ2n) is 4.20. The molecule has 0 saturated carbocycles. The van der Waals surface area contributed by atoms with Gasteiger partial charge in [-0.1, -0.05) is 0 Å². The summed E-state index contributed by atoms with van der Waals surface area (Å²) in [7, 11) is 1.34. The van der Waals surface area contributed by atoms with E-state index in [2.05, 4.69) is 9.69 Å². The van der Waals surface area contributed by atoms with Crippen LogP contribution in [0.2, 0.25) is 0 Å². The van der Waals surface area contributed by atoms with Gasteiger partial charge in [-0.25, -0.2) is 4.79 Å². The van der Waals surface area contributed by atoms with Crippen LogP contribution in [0, 0.1) is 5.92 Å². The number of hydrogen-bond donors (Lipinski definition) is 2. The Morgan fingerprint density at radius 2 is 2.33 bits per heavy atom. The number of esters is 1. The third-order valence-electron chi connectivity index (χ3n) is 3.00. The second kappa shape index (κ2) is 6.01. The maximum atomic E-state index is 11.6. The third kappa shape index (κ3) is 2.91. The summed E-state index contributed by atoms with van der Waals surface area (Å²) in [5.41, 5.74) is 6.01. The Morgan fingerprint density at radius 1 is 1.61 bits per heavy atom. The van der Waals surface area contributed by atoms with E-state index in [0.717, 1.165) is 32.6 Å². The molecule has 0 amide bonds. The number of rotatable bonds is 4. The first kappa shape index (κ1) is 13.1. The van der Waals surface area contributed by atoms with Gasteiger partial charge in [0.05, 0.1) is 7.11 Å². The maximum absolute atomic E-state index is 11.6. The number of hydrogen-bond acceptors (Lipinski definition) is 7. The molecule has 6 nitrogen and oxygen atoms in total. The van der Waals surface area contributed by atoms with Crippen molar-refractivity contribution in [3.8, 4) is 0 Å². The highest BCUT2D eigenvalue weighted by atomic mass is 32.1. The lowest BCUT2D eigenvalue weighted by atomic mass is 10.0. The molecular formula is C11H17N3O3S. The fourth-order valence-electron chi connectivity index (χ4n) is 1.91. The summed E-state index contributed by atoms with van der Waals surface area (Å²) >= 11 is 1.19. The molecule has 1 aromatic rings. The van der Waals surface area contributed by atoms with Crippen LogP contribution in [0.4, 0.5) is 10.8 Å². The molecule has 1 fully saturated rings. The summed E-state index contributed by atoms with van der Waals surface area (Å²) in [6.45, 7) is 2.41. The first-order chi connectivity index (χ1) is 8.72. The van der Waals surface area contributed by atoms with Crippen molar-refractivity contribution in [3.05, 3.63) is 5.56 Å². The van der Waals surface area contributed by atoms with E-state index < -0.39 is 5.97 Å². The number of nitrogens with zero attached hydrogens (tertiary/aromatic N) is 1. The molecule has 1 saturated heterocycles. The van der Waals surface area contributed by atoms with Gasteiger partial charge in [-0.3, -0.25) is 0 Å². The minimum absolute atomic E-state index is 0.223. The first-order valence-electron chi connectivity index (χ1n) is 5.87. The average Bonchev–Trinajstić information content (AvgIpc) is 2.78. The first-order valence-corrected chi connectivity index (χ1v) is 6.64. The molecule has 3 N–H and O–H groups in total. The molecule has 2 rings (SSSR count). The molecule has 0 spiro atoms. The van der Waals surface area contributed by atoms with Gasteiger partial charge in [0.15, 0.2) is 5.82 Å². The van der Waals surface area contributed by atoms with Gasteiger partial charge in [0, 0.05) is 19.8 Å². The summed E-state index contributed by atoms with van der Waals surface area (Å²) in [4.78, 5) is 11.6. The molecule has 7 heteroatoms. The number of carbonyl (C=O) groups is 1. The summed E-state index contributed by atoms with van der Waals surface area (Å²) in [6.07, 6.45) is 2.07. The minimum Gasteiger partial charge on any atom is -0.465 e. The van der Waals surface area contributed by atoms with Crippen LogP contribution in [0.1, 0.15) is 23.2 Å². The van der Waals surface area contributed by atoms with Gasteiger partial charge in [0.2, 0.25) is 0 Å². The van der Waals surface area contributed by atoms with E-state index in [1.807, 2.05) is 0 Å². The van der Waals surface area contributed by atoms with Crippen LogP contribution >= 0.6 is 11.5 Å². The molecule has 0 aliphatic carbocycles. The molecular weight excluding hydrogens is 254 g/mol. The van der Waals surface area contributed by atoms with Gasteiger partial charge in [-0.05, 0) is 30.3 Å². The molecule has 0 bridgehead atoms. The van der Waals surface area contributed by atoms with Crippen LogP contribution < -0.4 is 11.1 Å². The Kier molecular flexibility index (Phi) is 4.38. The summed E-state index contributed by atoms with van der Waals surface area (Å²) in [5, 5.41) is 3.92. The number of nitrogen functional groups attached to an aromatic ring is 1. The fourth-order valence-corrected chi connectivity index (χ4v) is 2.62. The quantitative estimate of drug-likeness (QED) is 0.804. The highest BCUT2D eigenvalue weighted by molar-refractivity contribution is 7.11. The zero-order valence-electron chi connectivity index (χ0n) is 10.3. The highest BCUT2D eigenvalue weighted by Crippen LogP contribution is 2.28. The standard InChI is InChI=1S/C11H17N3O3S/c1-16-11(15)8-9(12)14-18-10(8)13-6-7-2-4-17-5-3-7/h7,13H,2-6H2,1H3,(H2,12,14). The van der Waals surface area contributed by atoms with Crippen LogP contribution in [-0.4, -0.2) is 37.2 Å². The predicted molar refractivity (Wildman–Crippen MR) is 69.9 cm³/mol. The third-order valence-corrected chi connectivity index (χ3v) is 3.82. The molecule has 1 aliphatic rings. The van der Waals surface area contributed by atoms with Gasteiger partial charge in [-0.2, -0.15) is 4.37 Å². The predicted octanol–water partition coefficient (Wildman–Crippen LogP) is 1.35. The zero-order chi connectivity index (χ0) is 13.0. The monoisotopic (exact) mass is 271 g/mol. The Morgan fingerprint density at radius 3 is 3.00 bits per heavy atom. The lowest BCUT2D eigenvalue weighted by Gasteiger charge is -2.22. The number of carbonyl (C=O) groups excluding carboxylic acids is 1. The van der Waals surface area contributed by atoms with E-state index in [0.29, 0.717) is 16.5 Å². The molecule has 18 heavy (non-hydrogen) atoms. The lowest BCUT2D eigenvalue weighted by Crippen LogP contribution is -2.23. The fraction of sp³-hybridized carbons (Fsp3) is 0.636. The SMILES string of the molecule is COC(=O)c1c(N)nsc1NCC1CCOCC1. The van der Waals surface area contributed by atoms with E-state index in [4.69, 9.17) is 15.2 Å². The highest BCUT2D eigenvalue weighted by Gasteiger charge is 2.21. The smallest absolute Gasteiger partial charge is 0.344 e. The minimum atomic E-state index is -0.448. The van der Waals surface area contributed by atoms with Crippen molar-refractivity contribution in [1.29, 1.82) is 0 Å². The molecule has 1 aromatic heterocycles. The van der Waals surface area contributed by atoms with Crippen molar-refractivity contribution in [2.24, 2.45) is 5.92 Å². The summed E-state index contributed by atoms with van der Waals surface area (Å²) < 4.78 is 14.0. The Bertz CT molecular complexity index is 416. The summed E-state index contributed by atoms with van der Waals surface area (Å²) in [6, 6.07) is 0. The molecule has 100 valence electrons. The van der Waals surface area contributed by atoms with E-state index in [-0.39, 0.29) is 5.82 Å². The lowest BCUT2D eigenvalue weighted by molar-refractivity contribution is 0.0602. The average molecular weight is 271 g/mol. The van der Waals surface area contributed by atoms with Crippen molar-refractivity contribution in [1.82, 2.24) is 4.37 Å². The summed E-state index contributed by atoms with van der Waals surface area (Å²) in [5.74, 6) is 0.338. The Balaban J connectivity index is 1.98. The maximum Gasteiger partial charge on any atom is 0.344 e. The van der Waals surface area contributed by atoms with E-state index in [9.17, 15) is 4.79 Å². The molecule has 2 heterocycles. The van der Waals surface area contributed by atoms with E-state index >= 15 is 0 Å². The molecule has 0 atom stereocenters. The van der Waals surface area contributed by atoms with Crippen molar-refractivity contribution >= 4 is 28.3 Å². The van der Waals surface area contributed by atoms with E-state index in [1.54, 1.807) is 0 Å². The second-order valence-corrected chi connectivity index (χ2v) is 4.97. The van der Waals surface area contributed by atoms with Gasteiger partial charge < -0.3 is 20.5 Å². The topological polar surface area (TPSA) is 86.5 Å². The van der Waals surface area contributed by atoms with Crippen LogP contribution in [0.5, 0.6) is 0 Å². The van der Waals surface area contributed by atoms with Gasteiger partial charge >= 0.3 is 5.97 Å². The number of ether oxygens (including phenoxy) is 2. The Labute approximate surface area is 110 Å². The number of aromatic nitrogens is 1. The number of nitrogens with one attached hydrogen (secondary N) is 1. The molecule has 1 aliphatic heterocycles. The van der Waals surface area contributed by atoms with Crippen LogP contribution in [0.3, 0.4) is 0 Å². The number of anilines is 2. The van der Waals surface area contributed by atoms with Crippen molar-refractivity contribution in [3.63, 3.8) is 0 Å². The number of nitrogens with two attached hydrogens (primary N) is 1. The van der Waals surface area contributed by atoms with Crippen LogP contribution in [-0.2, 0) is 9.47 Å². The molecule has 0 radical (unpaired) electrons. The van der Waals surface area contributed by atoms with Gasteiger partial charge in [-0.15, -0.1) is 0 Å².